The zero-order valence-electron chi connectivity index (χ0n) is 20.0. The summed E-state index contributed by atoms with van der Waals surface area (Å²) in [6.07, 6.45) is 30.7. The maximum Gasteiger partial charge on any atom is -0.0412 e. The van der Waals surface area contributed by atoms with Gasteiger partial charge in [-0.05, 0) is 18.3 Å². The van der Waals surface area contributed by atoms with E-state index in [9.17, 15) is 0 Å². The number of hydrogen-bond acceptors (Lipinski definition) is 0. The molecule has 2 atom stereocenters. The van der Waals surface area contributed by atoms with Gasteiger partial charge in [0.15, 0.2) is 0 Å². The minimum atomic E-state index is 0.955. The van der Waals surface area contributed by atoms with Crippen LogP contribution in [0.25, 0.3) is 0 Å². The highest BCUT2D eigenvalue weighted by atomic mass is 14.2. The third-order valence-electron chi connectivity index (χ3n) is 6.47. The van der Waals surface area contributed by atoms with E-state index in [-0.39, 0.29) is 0 Å². The molecule has 0 saturated carbocycles. The molecule has 0 radical (unpaired) electrons. The van der Waals surface area contributed by atoms with Gasteiger partial charge in [-0.15, -0.1) is 0 Å². The summed E-state index contributed by atoms with van der Waals surface area (Å²) < 4.78 is 0. The monoisotopic (exact) mass is 380 g/mol. The van der Waals surface area contributed by atoms with Gasteiger partial charge in [0, 0.05) is 0 Å². The van der Waals surface area contributed by atoms with Crippen LogP contribution in [0.15, 0.2) is 0 Å². The maximum atomic E-state index is 2.54. The normalized spacial score (nSPS) is 13.8. The Hall–Kier alpha value is 0. The fourth-order valence-corrected chi connectivity index (χ4v) is 4.59. The standard InChI is InChI=1S/C27H56/c1-5-8-11-14-17-19-22-26(4)25-27(23-20-16-13-10-7-3)24-21-18-15-12-9-6-2/h26-27H,5-25H2,1-4H3. The Balaban J connectivity index is 3.95. The van der Waals surface area contributed by atoms with Crippen LogP contribution in [0.3, 0.4) is 0 Å². The Bertz CT molecular complexity index is 257. The second-order valence-electron chi connectivity index (χ2n) is 9.52. The Morgan fingerprint density at radius 3 is 1.15 bits per heavy atom. The van der Waals surface area contributed by atoms with Gasteiger partial charge >= 0.3 is 0 Å². The summed E-state index contributed by atoms with van der Waals surface area (Å²) in [5.41, 5.74) is 0. The molecule has 27 heavy (non-hydrogen) atoms. The van der Waals surface area contributed by atoms with Crippen molar-refractivity contribution in [2.45, 2.75) is 163 Å². The van der Waals surface area contributed by atoms with Crippen LogP contribution >= 0.6 is 0 Å². The third-order valence-corrected chi connectivity index (χ3v) is 6.47. The molecule has 0 aliphatic rings. The highest BCUT2D eigenvalue weighted by molar-refractivity contribution is 4.66. The largest absolute Gasteiger partial charge is 0.0654 e. The van der Waals surface area contributed by atoms with E-state index in [1.165, 1.54) is 135 Å². The molecule has 0 spiro atoms. The van der Waals surface area contributed by atoms with Crippen LogP contribution < -0.4 is 0 Å². The van der Waals surface area contributed by atoms with Crippen LogP contribution in [0.2, 0.25) is 0 Å². The van der Waals surface area contributed by atoms with Gasteiger partial charge in [-0.2, -0.15) is 0 Å². The van der Waals surface area contributed by atoms with E-state index in [2.05, 4.69) is 27.7 Å². The van der Waals surface area contributed by atoms with E-state index in [1.54, 1.807) is 0 Å². The van der Waals surface area contributed by atoms with Gasteiger partial charge in [-0.25, -0.2) is 0 Å². The first-order chi connectivity index (χ1) is 13.2. The number of hydrogen-bond donors (Lipinski definition) is 0. The molecule has 0 heteroatoms. The Morgan fingerprint density at radius 1 is 0.407 bits per heavy atom. The molecule has 2 unspecified atom stereocenters. The van der Waals surface area contributed by atoms with E-state index in [4.69, 9.17) is 0 Å². The summed E-state index contributed by atoms with van der Waals surface area (Å²) in [6, 6.07) is 0. The first-order valence-corrected chi connectivity index (χ1v) is 13.2. The van der Waals surface area contributed by atoms with Gasteiger partial charge in [0.05, 0.1) is 0 Å². The second kappa shape index (κ2) is 22.3. The smallest absolute Gasteiger partial charge is 0.0412 e. The van der Waals surface area contributed by atoms with Gasteiger partial charge < -0.3 is 0 Å². The minimum Gasteiger partial charge on any atom is -0.0654 e. The maximum absolute atomic E-state index is 2.54. The van der Waals surface area contributed by atoms with E-state index < -0.39 is 0 Å². The Kier molecular flexibility index (Phi) is 22.3. The lowest BCUT2D eigenvalue weighted by Gasteiger charge is -2.21. The topological polar surface area (TPSA) is 0 Å². The zero-order chi connectivity index (χ0) is 20.0. The van der Waals surface area contributed by atoms with E-state index in [0.717, 1.165) is 11.8 Å². The van der Waals surface area contributed by atoms with Crippen molar-refractivity contribution >= 4 is 0 Å². The average Bonchev–Trinajstić information content (AvgIpc) is 2.66. The van der Waals surface area contributed by atoms with Crippen molar-refractivity contribution in [3.63, 3.8) is 0 Å². The summed E-state index contributed by atoms with van der Waals surface area (Å²) in [5, 5.41) is 0. The van der Waals surface area contributed by atoms with E-state index >= 15 is 0 Å². The van der Waals surface area contributed by atoms with Crippen LogP contribution in [-0.4, -0.2) is 0 Å². The average molecular weight is 381 g/mol. The lowest BCUT2D eigenvalue weighted by Crippen LogP contribution is -2.07. The van der Waals surface area contributed by atoms with Gasteiger partial charge in [-0.3, -0.25) is 0 Å². The molecule has 0 aromatic carbocycles. The lowest BCUT2D eigenvalue weighted by molar-refractivity contribution is 0.313. The van der Waals surface area contributed by atoms with Crippen LogP contribution in [0.5, 0.6) is 0 Å². The van der Waals surface area contributed by atoms with Crippen molar-refractivity contribution in [1.29, 1.82) is 0 Å². The van der Waals surface area contributed by atoms with Crippen molar-refractivity contribution in [2.75, 3.05) is 0 Å². The van der Waals surface area contributed by atoms with Gasteiger partial charge in [0.25, 0.3) is 0 Å². The third kappa shape index (κ3) is 20.5. The molecule has 0 saturated heterocycles. The van der Waals surface area contributed by atoms with Crippen molar-refractivity contribution < 1.29 is 0 Å². The molecule has 0 nitrogen and oxygen atoms in total. The molecule has 0 aromatic heterocycles. The fraction of sp³-hybridized carbons (Fsp3) is 1.00. The first-order valence-electron chi connectivity index (χ1n) is 13.2. The molecule has 0 amide bonds. The van der Waals surface area contributed by atoms with E-state index in [0.29, 0.717) is 0 Å². The first kappa shape index (κ1) is 27.0. The van der Waals surface area contributed by atoms with Crippen LogP contribution in [0, 0.1) is 11.8 Å². The van der Waals surface area contributed by atoms with Crippen molar-refractivity contribution in [1.82, 2.24) is 0 Å². The molecule has 164 valence electrons. The molecule has 0 fully saturated rings. The minimum absolute atomic E-state index is 0.955. The predicted molar refractivity (Wildman–Crippen MR) is 127 cm³/mol. The summed E-state index contributed by atoms with van der Waals surface area (Å²) in [6.45, 7) is 9.50. The van der Waals surface area contributed by atoms with E-state index in [1.807, 2.05) is 0 Å². The van der Waals surface area contributed by atoms with Crippen molar-refractivity contribution in [3.05, 3.63) is 0 Å². The zero-order valence-corrected chi connectivity index (χ0v) is 20.0. The van der Waals surface area contributed by atoms with Crippen LogP contribution in [0.1, 0.15) is 163 Å². The number of rotatable bonds is 22. The van der Waals surface area contributed by atoms with Crippen molar-refractivity contribution in [3.8, 4) is 0 Å². The summed E-state index contributed by atoms with van der Waals surface area (Å²) in [7, 11) is 0. The van der Waals surface area contributed by atoms with Gasteiger partial charge in [0.1, 0.15) is 0 Å². The Morgan fingerprint density at radius 2 is 0.741 bits per heavy atom. The molecule has 0 aromatic rings. The van der Waals surface area contributed by atoms with Crippen LogP contribution in [-0.2, 0) is 0 Å². The van der Waals surface area contributed by atoms with Gasteiger partial charge in [0.2, 0.25) is 0 Å². The molecular weight excluding hydrogens is 324 g/mol. The SMILES string of the molecule is CCCCCCCCC(C)CC(CCCCCCC)CCCCCCCC. The Labute approximate surface area is 174 Å². The van der Waals surface area contributed by atoms with Crippen LogP contribution in [0.4, 0.5) is 0 Å². The molecule has 0 bridgehead atoms. The molecule has 0 aliphatic carbocycles. The summed E-state index contributed by atoms with van der Waals surface area (Å²) in [4.78, 5) is 0. The highest BCUT2D eigenvalue weighted by Crippen LogP contribution is 2.27. The van der Waals surface area contributed by atoms with Gasteiger partial charge in [-0.1, -0.05) is 156 Å². The fourth-order valence-electron chi connectivity index (χ4n) is 4.59. The second-order valence-corrected chi connectivity index (χ2v) is 9.52. The highest BCUT2D eigenvalue weighted by Gasteiger charge is 2.13. The quantitative estimate of drug-likeness (QED) is 0.164. The molecule has 0 N–H and O–H groups in total. The summed E-state index contributed by atoms with van der Waals surface area (Å²) >= 11 is 0. The molecular formula is C27H56. The number of unbranched alkanes of at least 4 members (excludes halogenated alkanes) is 14. The molecule has 0 rings (SSSR count). The lowest BCUT2D eigenvalue weighted by atomic mass is 9.85. The molecule has 0 aliphatic heterocycles. The summed E-state index contributed by atoms with van der Waals surface area (Å²) in [5.74, 6) is 1.98. The predicted octanol–water partition coefficient (Wildman–Crippen LogP) is 10.5. The van der Waals surface area contributed by atoms with Crippen molar-refractivity contribution in [2.24, 2.45) is 11.8 Å². The molecule has 0 heterocycles.